The number of rotatable bonds is 16. The van der Waals surface area contributed by atoms with Gasteiger partial charge in [0.2, 0.25) is 0 Å². The Balaban J connectivity index is 1.37. The largest absolute Gasteiger partial charge is 0.307 e. The van der Waals surface area contributed by atoms with Gasteiger partial charge >= 0.3 is 0 Å². The Morgan fingerprint density at radius 1 is 0.520 bits per heavy atom. The lowest BCUT2D eigenvalue weighted by Crippen LogP contribution is -2.31. The van der Waals surface area contributed by atoms with Crippen molar-refractivity contribution < 1.29 is 9.59 Å². The highest BCUT2D eigenvalue weighted by atomic mass is 32.1. The van der Waals surface area contributed by atoms with Crippen LogP contribution in [0.3, 0.4) is 0 Å². The van der Waals surface area contributed by atoms with Gasteiger partial charge in [0.05, 0.1) is 32.3 Å². The van der Waals surface area contributed by atoms with Gasteiger partial charge in [0, 0.05) is 42.4 Å². The number of hydrogen-bond acceptors (Lipinski definition) is 6. The highest BCUT2D eigenvalue weighted by Gasteiger charge is 2.44. The van der Waals surface area contributed by atoms with E-state index < -0.39 is 0 Å². The molecule has 50 heavy (non-hydrogen) atoms. The standard InChI is InChI=1S/C42H54N2O2S4/c1-25(2)11-9-13-27(5)19-21-43-31-23-35(33-17-15-29(7)47-33)49-39(31)37(41(43)45)38-40-32(24-36(50-40)34-18-16-30(8)48-34)44(42(38)46)22-20-28(6)14-10-12-26(3)4/h15-18,23-28H,9-14,19-22H2,1-8H3/b38-37+. The van der Waals surface area contributed by atoms with Crippen molar-refractivity contribution in [3.63, 3.8) is 0 Å². The van der Waals surface area contributed by atoms with Crippen molar-refractivity contribution in [1.29, 1.82) is 0 Å². The van der Waals surface area contributed by atoms with Gasteiger partial charge in [-0.05, 0) is 86.8 Å². The normalized spacial score (nSPS) is 17.2. The van der Waals surface area contributed by atoms with Crippen LogP contribution < -0.4 is 9.80 Å². The molecule has 0 spiro atoms. The van der Waals surface area contributed by atoms with Gasteiger partial charge in [-0.25, -0.2) is 0 Å². The second-order valence-corrected chi connectivity index (χ2v) is 20.3. The second-order valence-electron chi connectivity index (χ2n) is 15.6. The number of carbonyl (C=O) groups is 2. The van der Waals surface area contributed by atoms with Crippen LogP contribution in [0.2, 0.25) is 0 Å². The summed E-state index contributed by atoms with van der Waals surface area (Å²) in [6.45, 7) is 19.4. The van der Waals surface area contributed by atoms with E-state index in [1.54, 1.807) is 45.3 Å². The number of fused-ring (bicyclic) bond motifs is 2. The summed E-state index contributed by atoms with van der Waals surface area (Å²) in [5, 5.41) is 0. The molecule has 2 unspecified atom stereocenters. The Bertz CT molecular complexity index is 1720. The van der Waals surface area contributed by atoms with Crippen LogP contribution in [0.4, 0.5) is 11.4 Å². The van der Waals surface area contributed by atoms with Crippen LogP contribution in [0.1, 0.15) is 112 Å². The zero-order chi connectivity index (χ0) is 35.7. The molecule has 2 amide bonds. The molecule has 0 saturated heterocycles. The molecule has 0 radical (unpaired) electrons. The summed E-state index contributed by atoms with van der Waals surface area (Å²) >= 11 is 6.94. The second kappa shape index (κ2) is 16.0. The first-order chi connectivity index (χ1) is 23.9. The van der Waals surface area contributed by atoms with Gasteiger partial charge in [-0.15, -0.1) is 45.3 Å². The predicted molar refractivity (Wildman–Crippen MR) is 221 cm³/mol. The smallest absolute Gasteiger partial charge is 0.260 e. The molecule has 0 aliphatic carbocycles. The fourth-order valence-electron chi connectivity index (χ4n) is 7.20. The molecule has 8 heteroatoms. The molecule has 4 aromatic heterocycles. The van der Waals surface area contributed by atoms with Crippen LogP contribution in [0.15, 0.2) is 36.4 Å². The van der Waals surface area contributed by atoms with Crippen molar-refractivity contribution in [3.05, 3.63) is 55.9 Å². The van der Waals surface area contributed by atoms with Crippen LogP contribution in [-0.4, -0.2) is 24.9 Å². The molecule has 2 atom stereocenters. The van der Waals surface area contributed by atoms with E-state index in [1.807, 2.05) is 9.80 Å². The molecule has 268 valence electrons. The molecule has 0 N–H and O–H groups in total. The topological polar surface area (TPSA) is 40.6 Å². The van der Waals surface area contributed by atoms with Crippen molar-refractivity contribution in [1.82, 2.24) is 0 Å². The van der Waals surface area contributed by atoms with Crippen molar-refractivity contribution in [2.45, 2.75) is 107 Å². The van der Waals surface area contributed by atoms with Crippen LogP contribution in [0, 0.1) is 37.5 Å². The third-order valence-corrected chi connectivity index (χ3v) is 14.9. The SMILES string of the molecule is Cc1ccc(-c2cc3c(s2)/C(=C2\C(=O)N(CCC(C)CCCC(C)C)c4cc(-c5ccc(C)s5)sc42)C(=O)N3CCC(C)CCCC(C)C)s1. The summed E-state index contributed by atoms with van der Waals surface area (Å²) in [7, 11) is 0. The Labute approximate surface area is 316 Å². The van der Waals surface area contributed by atoms with E-state index in [0.29, 0.717) is 47.9 Å². The molecule has 4 nitrogen and oxygen atoms in total. The number of nitrogens with zero attached hydrogens (tertiary/aromatic N) is 2. The van der Waals surface area contributed by atoms with Gasteiger partial charge in [0.25, 0.3) is 11.8 Å². The Morgan fingerprint density at radius 3 is 1.26 bits per heavy atom. The Kier molecular flexibility index (Phi) is 11.9. The summed E-state index contributed by atoms with van der Waals surface area (Å²) < 4.78 is 0. The van der Waals surface area contributed by atoms with Crippen molar-refractivity contribution in [3.8, 4) is 19.5 Å². The molecule has 4 aromatic rings. The maximum Gasteiger partial charge on any atom is 0.260 e. The lowest BCUT2D eigenvalue weighted by atomic mass is 9.97. The van der Waals surface area contributed by atoms with Gasteiger partial charge in [0.1, 0.15) is 0 Å². The van der Waals surface area contributed by atoms with E-state index in [1.165, 1.54) is 67.8 Å². The number of amides is 2. The summed E-state index contributed by atoms with van der Waals surface area (Å²) in [6, 6.07) is 13.1. The van der Waals surface area contributed by atoms with Gasteiger partial charge < -0.3 is 9.80 Å². The number of hydrogen-bond donors (Lipinski definition) is 0. The maximum atomic E-state index is 14.7. The number of aryl methyl sites for hydroxylation is 2. The molecule has 2 aliphatic heterocycles. The summed E-state index contributed by atoms with van der Waals surface area (Å²) in [4.78, 5) is 42.6. The summed E-state index contributed by atoms with van der Waals surface area (Å²) in [5.41, 5.74) is 3.20. The average Bonchev–Trinajstić information content (AvgIpc) is 3.89. The lowest BCUT2D eigenvalue weighted by Gasteiger charge is -2.20. The highest BCUT2D eigenvalue weighted by Crippen LogP contribution is 2.55. The van der Waals surface area contributed by atoms with E-state index >= 15 is 0 Å². The molecular formula is C42H54N2O2S4. The maximum absolute atomic E-state index is 14.7. The summed E-state index contributed by atoms with van der Waals surface area (Å²) in [6.07, 6.45) is 9.20. The highest BCUT2D eigenvalue weighted by molar-refractivity contribution is 7.24. The molecule has 0 aromatic carbocycles. The van der Waals surface area contributed by atoms with Crippen molar-refractivity contribution in [2.75, 3.05) is 22.9 Å². The molecule has 0 fully saturated rings. The van der Waals surface area contributed by atoms with Gasteiger partial charge in [-0.2, -0.15) is 0 Å². The monoisotopic (exact) mass is 746 g/mol. The zero-order valence-electron chi connectivity index (χ0n) is 31.2. The summed E-state index contributed by atoms with van der Waals surface area (Å²) in [5.74, 6) is 2.49. The Morgan fingerprint density at radius 2 is 0.920 bits per heavy atom. The third-order valence-electron chi connectivity index (χ3n) is 10.2. The van der Waals surface area contributed by atoms with Crippen LogP contribution in [-0.2, 0) is 9.59 Å². The van der Waals surface area contributed by atoms with E-state index in [2.05, 4.69) is 91.8 Å². The van der Waals surface area contributed by atoms with Crippen LogP contribution >= 0.6 is 45.3 Å². The fourth-order valence-corrected chi connectivity index (χ4v) is 11.5. The molecule has 2 aliphatic rings. The van der Waals surface area contributed by atoms with Crippen LogP contribution in [0.5, 0.6) is 0 Å². The zero-order valence-corrected chi connectivity index (χ0v) is 34.5. The lowest BCUT2D eigenvalue weighted by molar-refractivity contribution is -0.114. The number of anilines is 2. The number of thiophene rings is 4. The fraction of sp³-hybridized carbons (Fsp3) is 0.524. The minimum atomic E-state index is -0.00494. The minimum absolute atomic E-state index is 0.00494. The molecule has 6 rings (SSSR count). The minimum Gasteiger partial charge on any atom is -0.307 e. The van der Waals surface area contributed by atoms with Crippen molar-refractivity contribution >= 4 is 79.7 Å². The van der Waals surface area contributed by atoms with E-state index in [0.717, 1.165) is 34.0 Å². The quantitative estimate of drug-likeness (QED) is 0.107. The third kappa shape index (κ3) is 8.09. The molecule has 6 heterocycles. The first kappa shape index (κ1) is 37.2. The van der Waals surface area contributed by atoms with Gasteiger partial charge in [-0.1, -0.05) is 80.1 Å². The first-order valence-electron chi connectivity index (χ1n) is 18.7. The van der Waals surface area contributed by atoms with Gasteiger partial charge in [-0.3, -0.25) is 9.59 Å². The average molecular weight is 747 g/mol. The van der Waals surface area contributed by atoms with Crippen molar-refractivity contribution in [2.24, 2.45) is 23.7 Å². The molecule has 0 bridgehead atoms. The number of carbonyl (C=O) groups excluding carboxylic acids is 2. The predicted octanol–water partition coefficient (Wildman–Crippen LogP) is 13.2. The molecule has 0 saturated carbocycles. The van der Waals surface area contributed by atoms with E-state index in [4.69, 9.17) is 0 Å². The van der Waals surface area contributed by atoms with Gasteiger partial charge in [0.15, 0.2) is 0 Å². The van der Waals surface area contributed by atoms with E-state index in [-0.39, 0.29) is 11.8 Å². The molecular weight excluding hydrogens is 693 g/mol. The first-order valence-corrected chi connectivity index (χ1v) is 22.0. The van der Waals surface area contributed by atoms with E-state index in [9.17, 15) is 9.59 Å². The van der Waals surface area contributed by atoms with Crippen LogP contribution in [0.25, 0.3) is 30.7 Å². The Hall–Kier alpha value is -2.52.